The molecule has 3 rings (SSSR count). The zero-order valence-corrected chi connectivity index (χ0v) is 17.5. The van der Waals surface area contributed by atoms with Gasteiger partial charge in [0.1, 0.15) is 5.75 Å². The van der Waals surface area contributed by atoms with Crippen LogP contribution in [0.15, 0.2) is 48.2 Å². The summed E-state index contributed by atoms with van der Waals surface area (Å²) in [5, 5.41) is 10.4. The van der Waals surface area contributed by atoms with Crippen molar-refractivity contribution in [2.75, 3.05) is 18.1 Å². The van der Waals surface area contributed by atoms with Crippen molar-refractivity contribution in [2.45, 2.75) is 33.8 Å². The lowest BCUT2D eigenvalue weighted by atomic mass is 10.1. The van der Waals surface area contributed by atoms with Crippen LogP contribution in [0.2, 0.25) is 0 Å². The van der Waals surface area contributed by atoms with Crippen molar-refractivity contribution in [3.05, 3.63) is 53.8 Å². The Bertz CT molecular complexity index is 978. The molecule has 1 N–H and O–H groups in total. The number of rotatable bonds is 8. The third-order valence-corrected chi connectivity index (χ3v) is 4.36. The number of hydrogen-bond acceptors (Lipinski definition) is 6. The van der Waals surface area contributed by atoms with Crippen LogP contribution in [0.3, 0.4) is 0 Å². The summed E-state index contributed by atoms with van der Waals surface area (Å²) in [4.78, 5) is 26.7. The molecule has 0 radical (unpaired) electrons. The Morgan fingerprint density at radius 2 is 1.53 bits per heavy atom. The van der Waals surface area contributed by atoms with E-state index >= 15 is 0 Å². The number of hydrogen-bond donors (Lipinski definition) is 1. The molecule has 0 aliphatic carbocycles. The van der Waals surface area contributed by atoms with Crippen LogP contribution in [0.25, 0.3) is 5.57 Å². The maximum Gasteiger partial charge on any atom is 0.301 e. The zero-order valence-electron chi connectivity index (χ0n) is 17.5. The average molecular weight is 411 g/mol. The molecule has 0 atom stereocenters. The smallest absolute Gasteiger partial charge is 0.301 e. The van der Waals surface area contributed by atoms with Crippen molar-refractivity contribution in [2.24, 2.45) is 0 Å². The van der Waals surface area contributed by atoms with Gasteiger partial charge in [-0.05, 0) is 57.5 Å². The predicted octanol–water partition coefficient (Wildman–Crippen LogP) is 4.11. The number of imide groups is 1. The fraction of sp³-hybridized carbons (Fsp3) is 0.304. The predicted molar refractivity (Wildman–Crippen MR) is 113 cm³/mol. The van der Waals surface area contributed by atoms with Crippen LogP contribution in [-0.4, -0.2) is 36.2 Å². The van der Waals surface area contributed by atoms with Gasteiger partial charge in [-0.3, -0.25) is 9.59 Å². The number of anilines is 1. The Morgan fingerprint density at radius 1 is 0.900 bits per heavy atom. The van der Waals surface area contributed by atoms with E-state index in [1.165, 1.54) is 0 Å². The second-order valence-electron chi connectivity index (χ2n) is 6.86. The Hall–Kier alpha value is -3.48. The van der Waals surface area contributed by atoms with Crippen LogP contribution < -0.4 is 19.1 Å². The molecule has 2 amide bonds. The summed E-state index contributed by atoms with van der Waals surface area (Å²) < 4.78 is 16.7. The van der Waals surface area contributed by atoms with E-state index in [1.54, 1.807) is 42.5 Å². The SMILES string of the molecule is CCOc1ccc(N2C(=O)C(O)=C(c3ccc(OC(C)C)cc3)C2=O)cc1OCC. The molecule has 1 heterocycles. The minimum absolute atomic E-state index is 0.00726. The normalized spacial score (nSPS) is 14.0. The van der Waals surface area contributed by atoms with Crippen LogP contribution in [0.1, 0.15) is 33.3 Å². The second-order valence-corrected chi connectivity index (χ2v) is 6.86. The largest absolute Gasteiger partial charge is 0.502 e. The highest BCUT2D eigenvalue weighted by atomic mass is 16.5. The molecule has 2 aromatic carbocycles. The lowest BCUT2D eigenvalue weighted by Gasteiger charge is -2.18. The first-order chi connectivity index (χ1) is 14.4. The van der Waals surface area contributed by atoms with E-state index in [0.717, 1.165) is 4.90 Å². The molecular weight excluding hydrogens is 386 g/mol. The van der Waals surface area contributed by atoms with Gasteiger partial charge < -0.3 is 19.3 Å². The quantitative estimate of drug-likeness (QED) is 0.658. The molecule has 0 aromatic heterocycles. The summed E-state index contributed by atoms with van der Waals surface area (Å²) in [6.07, 6.45) is 0.00726. The molecule has 1 aliphatic rings. The molecule has 1 aliphatic heterocycles. The van der Waals surface area contributed by atoms with Crippen LogP contribution in [0.4, 0.5) is 5.69 Å². The van der Waals surface area contributed by atoms with Crippen molar-refractivity contribution in [1.82, 2.24) is 0 Å². The first kappa shape index (κ1) is 21.2. The number of aliphatic hydroxyl groups is 1. The lowest BCUT2D eigenvalue weighted by molar-refractivity contribution is -0.121. The standard InChI is InChI=1S/C23H25NO6/c1-5-28-18-12-9-16(13-19(18)29-6-2)24-22(26)20(21(25)23(24)27)15-7-10-17(11-8-15)30-14(3)4/h7-14,25H,5-6H2,1-4H3. The zero-order chi connectivity index (χ0) is 21.8. The van der Waals surface area contributed by atoms with E-state index in [-0.39, 0.29) is 11.7 Å². The van der Waals surface area contributed by atoms with Crippen molar-refractivity contribution in [3.63, 3.8) is 0 Å². The van der Waals surface area contributed by atoms with E-state index in [0.29, 0.717) is 41.7 Å². The van der Waals surface area contributed by atoms with Gasteiger partial charge in [-0.2, -0.15) is 0 Å². The maximum atomic E-state index is 13.1. The summed E-state index contributed by atoms with van der Waals surface area (Å²) in [6, 6.07) is 11.4. The van der Waals surface area contributed by atoms with E-state index < -0.39 is 17.6 Å². The Kier molecular flexibility index (Phi) is 6.30. The summed E-state index contributed by atoms with van der Waals surface area (Å²) in [6.45, 7) is 8.34. The van der Waals surface area contributed by atoms with E-state index in [4.69, 9.17) is 14.2 Å². The lowest BCUT2D eigenvalue weighted by Crippen LogP contribution is -2.31. The summed E-state index contributed by atoms with van der Waals surface area (Å²) in [7, 11) is 0. The molecule has 0 spiro atoms. The van der Waals surface area contributed by atoms with Crippen LogP contribution in [0.5, 0.6) is 17.2 Å². The average Bonchev–Trinajstić information content (AvgIpc) is 2.93. The van der Waals surface area contributed by atoms with Gasteiger partial charge in [0, 0.05) is 6.07 Å². The van der Waals surface area contributed by atoms with Gasteiger partial charge >= 0.3 is 5.91 Å². The minimum Gasteiger partial charge on any atom is -0.502 e. The summed E-state index contributed by atoms with van der Waals surface area (Å²) in [5.41, 5.74) is 0.668. The van der Waals surface area contributed by atoms with Crippen LogP contribution >= 0.6 is 0 Å². The fourth-order valence-electron chi connectivity index (χ4n) is 3.16. The van der Waals surface area contributed by atoms with Gasteiger partial charge in [-0.1, -0.05) is 12.1 Å². The van der Waals surface area contributed by atoms with E-state index in [2.05, 4.69) is 0 Å². The molecule has 0 saturated carbocycles. The number of benzene rings is 2. The fourth-order valence-corrected chi connectivity index (χ4v) is 3.16. The maximum absolute atomic E-state index is 13.1. The van der Waals surface area contributed by atoms with Crippen molar-refractivity contribution >= 4 is 23.1 Å². The first-order valence-corrected chi connectivity index (χ1v) is 9.86. The van der Waals surface area contributed by atoms with Gasteiger partial charge in [0.25, 0.3) is 5.91 Å². The van der Waals surface area contributed by atoms with Gasteiger partial charge in [0.05, 0.1) is 30.6 Å². The van der Waals surface area contributed by atoms with E-state index in [1.807, 2.05) is 27.7 Å². The number of ether oxygens (including phenoxy) is 3. The topological polar surface area (TPSA) is 85.3 Å². The van der Waals surface area contributed by atoms with Crippen molar-refractivity contribution in [3.8, 4) is 17.2 Å². The van der Waals surface area contributed by atoms with Gasteiger partial charge in [-0.15, -0.1) is 0 Å². The minimum atomic E-state index is -0.788. The highest BCUT2D eigenvalue weighted by Gasteiger charge is 2.40. The molecule has 0 unspecified atom stereocenters. The van der Waals surface area contributed by atoms with Crippen molar-refractivity contribution in [1.29, 1.82) is 0 Å². The third kappa shape index (κ3) is 4.10. The highest BCUT2D eigenvalue weighted by Crippen LogP contribution is 2.37. The Labute approximate surface area is 175 Å². The summed E-state index contributed by atoms with van der Waals surface area (Å²) in [5.74, 6) is -0.425. The first-order valence-electron chi connectivity index (χ1n) is 9.86. The molecule has 2 aromatic rings. The second kappa shape index (κ2) is 8.90. The molecule has 7 heteroatoms. The highest BCUT2D eigenvalue weighted by molar-refractivity contribution is 6.44. The third-order valence-electron chi connectivity index (χ3n) is 4.36. The van der Waals surface area contributed by atoms with Crippen LogP contribution in [-0.2, 0) is 9.59 Å². The Balaban J connectivity index is 1.93. The Morgan fingerprint density at radius 3 is 2.13 bits per heavy atom. The van der Waals surface area contributed by atoms with Gasteiger partial charge in [-0.25, -0.2) is 4.90 Å². The summed E-state index contributed by atoms with van der Waals surface area (Å²) >= 11 is 0. The molecule has 158 valence electrons. The molecule has 7 nitrogen and oxygen atoms in total. The molecule has 0 saturated heterocycles. The number of amides is 2. The van der Waals surface area contributed by atoms with Crippen LogP contribution in [0, 0.1) is 0 Å². The molecule has 0 fully saturated rings. The molecular formula is C23H25NO6. The molecule has 0 bridgehead atoms. The number of carbonyl (C=O) groups excluding carboxylic acids is 2. The monoisotopic (exact) mass is 411 g/mol. The number of carbonyl (C=O) groups is 2. The molecule has 30 heavy (non-hydrogen) atoms. The number of aliphatic hydroxyl groups excluding tert-OH is 1. The van der Waals surface area contributed by atoms with Gasteiger partial charge in [0.15, 0.2) is 17.3 Å². The van der Waals surface area contributed by atoms with E-state index in [9.17, 15) is 14.7 Å². The number of nitrogens with zero attached hydrogens (tertiary/aromatic N) is 1. The van der Waals surface area contributed by atoms with Crippen molar-refractivity contribution < 1.29 is 28.9 Å². The van der Waals surface area contributed by atoms with Gasteiger partial charge in [0.2, 0.25) is 0 Å².